The summed E-state index contributed by atoms with van der Waals surface area (Å²) in [5.74, 6) is -0.283. The number of sulfonamides is 1. The Bertz CT molecular complexity index is 1350. The van der Waals surface area contributed by atoms with Gasteiger partial charge in [0.2, 0.25) is 11.8 Å². The number of anilines is 1. The fourth-order valence-corrected chi connectivity index (χ4v) is 5.35. The third-order valence-electron chi connectivity index (χ3n) is 5.81. The average Bonchev–Trinajstić information content (AvgIpc) is 2.90. The van der Waals surface area contributed by atoms with E-state index < -0.39 is 28.5 Å². The number of nitrogens with zero attached hydrogens (tertiary/aromatic N) is 2. The van der Waals surface area contributed by atoms with Gasteiger partial charge in [-0.05, 0) is 74.9 Å². The van der Waals surface area contributed by atoms with Crippen molar-refractivity contribution in [3.05, 3.63) is 89.4 Å². The molecular weight excluding hydrogens is 526 g/mol. The summed E-state index contributed by atoms with van der Waals surface area (Å²) in [6.45, 7) is 4.84. The lowest BCUT2D eigenvalue weighted by Crippen LogP contribution is -2.52. The number of ether oxygens (including phenoxy) is 1. The van der Waals surface area contributed by atoms with Crippen molar-refractivity contribution < 1.29 is 22.7 Å². The van der Waals surface area contributed by atoms with Crippen LogP contribution < -0.4 is 14.4 Å². The van der Waals surface area contributed by atoms with Crippen molar-refractivity contribution in [2.75, 3.05) is 18.0 Å². The number of hydrogen-bond donors (Lipinski definition) is 1. The van der Waals surface area contributed by atoms with Crippen molar-refractivity contribution in [3.8, 4) is 5.75 Å². The molecule has 1 atom stereocenters. The number of nitrogens with one attached hydrogen (secondary N) is 1. The summed E-state index contributed by atoms with van der Waals surface area (Å²) in [7, 11) is -2.60. The maximum atomic E-state index is 13.8. The van der Waals surface area contributed by atoms with E-state index in [1.54, 1.807) is 62.6 Å². The molecule has 2 amide bonds. The molecule has 0 fully saturated rings. The Morgan fingerprint density at radius 3 is 2.21 bits per heavy atom. The largest absolute Gasteiger partial charge is 0.497 e. The minimum atomic E-state index is -4.14. The fraction of sp³-hybridized carbons (Fsp3) is 0.286. The summed E-state index contributed by atoms with van der Waals surface area (Å²) < 4.78 is 33.8. The number of benzene rings is 3. The lowest BCUT2D eigenvalue weighted by Gasteiger charge is -2.32. The molecule has 0 aliphatic heterocycles. The number of carbonyl (C=O) groups is 2. The SMILES string of the molecule is COc1cccc(CN(C(=O)CN(c2ccccc2)S(=O)(=O)c2ccc(Cl)cc2)[C@H](C)C(=O)NC(C)C)c1. The van der Waals surface area contributed by atoms with Gasteiger partial charge in [-0.2, -0.15) is 0 Å². The summed E-state index contributed by atoms with van der Waals surface area (Å²) in [5, 5.41) is 3.22. The molecule has 0 bridgehead atoms. The predicted octanol–water partition coefficient (Wildman–Crippen LogP) is 4.49. The van der Waals surface area contributed by atoms with Gasteiger partial charge in [-0.15, -0.1) is 0 Å². The molecule has 0 heterocycles. The maximum absolute atomic E-state index is 13.8. The molecule has 3 aromatic carbocycles. The number of halogens is 1. The molecule has 8 nitrogen and oxygen atoms in total. The van der Waals surface area contributed by atoms with Gasteiger partial charge in [0.1, 0.15) is 18.3 Å². The monoisotopic (exact) mass is 557 g/mol. The summed E-state index contributed by atoms with van der Waals surface area (Å²) in [5.41, 5.74) is 1.05. The number of hydrogen-bond acceptors (Lipinski definition) is 5. The molecule has 0 saturated heterocycles. The van der Waals surface area contributed by atoms with Crippen LogP contribution in [0, 0.1) is 0 Å². The van der Waals surface area contributed by atoms with Crippen LogP contribution in [0.1, 0.15) is 26.3 Å². The molecule has 3 rings (SSSR count). The lowest BCUT2D eigenvalue weighted by molar-refractivity contribution is -0.139. The van der Waals surface area contributed by atoms with Gasteiger partial charge in [-0.25, -0.2) is 8.42 Å². The first-order valence-corrected chi connectivity index (χ1v) is 13.9. The van der Waals surface area contributed by atoms with Gasteiger partial charge in [0.15, 0.2) is 0 Å². The first-order valence-electron chi connectivity index (χ1n) is 12.1. The first kappa shape index (κ1) is 29.0. The Kier molecular flexibility index (Phi) is 9.77. The summed E-state index contributed by atoms with van der Waals surface area (Å²) in [6, 6.07) is 20.3. The van der Waals surface area contributed by atoms with Crippen LogP contribution in [-0.2, 0) is 26.2 Å². The van der Waals surface area contributed by atoms with Gasteiger partial charge in [0.05, 0.1) is 17.7 Å². The van der Waals surface area contributed by atoms with E-state index in [-0.39, 0.29) is 23.4 Å². The second-order valence-electron chi connectivity index (χ2n) is 9.01. The lowest BCUT2D eigenvalue weighted by atomic mass is 10.1. The van der Waals surface area contributed by atoms with Crippen LogP contribution in [0.15, 0.2) is 83.8 Å². The Balaban J connectivity index is 2.01. The quantitative estimate of drug-likeness (QED) is 0.375. The van der Waals surface area contributed by atoms with Gasteiger partial charge < -0.3 is 15.0 Å². The topological polar surface area (TPSA) is 96.0 Å². The van der Waals surface area contributed by atoms with Crippen LogP contribution in [-0.4, -0.2) is 50.9 Å². The van der Waals surface area contributed by atoms with Gasteiger partial charge >= 0.3 is 0 Å². The molecular formula is C28H32ClN3O5S. The summed E-state index contributed by atoms with van der Waals surface area (Å²) >= 11 is 5.97. The van der Waals surface area contributed by atoms with Gasteiger partial charge in [0, 0.05) is 17.6 Å². The van der Waals surface area contributed by atoms with E-state index in [0.717, 1.165) is 9.87 Å². The van der Waals surface area contributed by atoms with E-state index in [0.29, 0.717) is 16.5 Å². The smallest absolute Gasteiger partial charge is 0.264 e. The Hall–Kier alpha value is -3.56. The first-order chi connectivity index (χ1) is 18.0. The molecule has 0 unspecified atom stereocenters. The zero-order chi connectivity index (χ0) is 27.9. The van der Waals surface area contributed by atoms with E-state index in [1.807, 2.05) is 19.9 Å². The van der Waals surface area contributed by atoms with E-state index in [1.165, 1.54) is 29.2 Å². The predicted molar refractivity (Wildman–Crippen MR) is 149 cm³/mol. The minimum Gasteiger partial charge on any atom is -0.497 e. The van der Waals surface area contributed by atoms with Crippen LogP contribution in [0.25, 0.3) is 0 Å². The highest BCUT2D eigenvalue weighted by molar-refractivity contribution is 7.92. The average molecular weight is 558 g/mol. The normalized spacial score (nSPS) is 12.1. The van der Waals surface area contributed by atoms with Crippen LogP contribution in [0.2, 0.25) is 5.02 Å². The highest BCUT2D eigenvalue weighted by atomic mass is 35.5. The molecule has 0 aliphatic rings. The van der Waals surface area contributed by atoms with E-state index in [9.17, 15) is 18.0 Å². The summed E-state index contributed by atoms with van der Waals surface area (Å²) in [6.07, 6.45) is 0. The van der Waals surface area contributed by atoms with Crippen molar-refractivity contribution >= 4 is 39.1 Å². The van der Waals surface area contributed by atoms with Crippen LogP contribution in [0.4, 0.5) is 5.69 Å². The maximum Gasteiger partial charge on any atom is 0.264 e. The fourth-order valence-electron chi connectivity index (χ4n) is 3.81. The van der Waals surface area contributed by atoms with Crippen LogP contribution in [0.3, 0.4) is 0 Å². The Morgan fingerprint density at radius 2 is 1.61 bits per heavy atom. The highest BCUT2D eigenvalue weighted by Crippen LogP contribution is 2.25. The Morgan fingerprint density at radius 1 is 0.947 bits per heavy atom. The molecule has 1 N–H and O–H groups in total. The van der Waals surface area contributed by atoms with E-state index in [4.69, 9.17) is 16.3 Å². The minimum absolute atomic E-state index is 0.0106. The molecule has 10 heteroatoms. The third-order valence-corrected chi connectivity index (χ3v) is 7.85. The summed E-state index contributed by atoms with van der Waals surface area (Å²) in [4.78, 5) is 28.1. The molecule has 0 aromatic heterocycles. The van der Waals surface area contributed by atoms with Crippen molar-refractivity contribution in [1.29, 1.82) is 0 Å². The number of para-hydroxylation sites is 1. The van der Waals surface area contributed by atoms with Gasteiger partial charge in [-0.1, -0.05) is 41.9 Å². The zero-order valence-corrected chi connectivity index (χ0v) is 23.4. The standard InChI is InChI=1S/C28H32ClN3O5S/c1-20(2)30-28(34)21(3)31(18-22-9-8-12-25(17-22)37-4)27(33)19-32(24-10-6-5-7-11-24)38(35,36)26-15-13-23(29)14-16-26/h5-17,20-21H,18-19H2,1-4H3,(H,30,34)/t21-/m1/s1. The van der Waals surface area contributed by atoms with E-state index >= 15 is 0 Å². The zero-order valence-electron chi connectivity index (χ0n) is 21.8. The molecule has 3 aromatic rings. The van der Waals surface area contributed by atoms with Crippen LogP contribution in [0.5, 0.6) is 5.75 Å². The van der Waals surface area contributed by atoms with Gasteiger partial charge in [0.25, 0.3) is 10.0 Å². The molecule has 0 saturated carbocycles. The second kappa shape index (κ2) is 12.8. The van der Waals surface area contributed by atoms with Crippen molar-refractivity contribution in [2.45, 2.75) is 44.3 Å². The highest BCUT2D eigenvalue weighted by Gasteiger charge is 2.32. The number of carbonyl (C=O) groups excluding carboxylic acids is 2. The second-order valence-corrected chi connectivity index (χ2v) is 11.3. The van der Waals surface area contributed by atoms with Gasteiger partial charge in [-0.3, -0.25) is 13.9 Å². The number of methoxy groups -OCH3 is 1. The molecule has 0 aliphatic carbocycles. The number of amides is 2. The van der Waals surface area contributed by atoms with Crippen LogP contribution >= 0.6 is 11.6 Å². The molecule has 202 valence electrons. The van der Waals surface area contributed by atoms with Crippen molar-refractivity contribution in [2.24, 2.45) is 0 Å². The van der Waals surface area contributed by atoms with Crippen molar-refractivity contribution in [3.63, 3.8) is 0 Å². The third kappa shape index (κ3) is 7.26. The molecule has 0 radical (unpaired) electrons. The number of rotatable bonds is 11. The molecule has 38 heavy (non-hydrogen) atoms. The van der Waals surface area contributed by atoms with E-state index in [2.05, 4.69) is 5.32 Å². The molecule has 0 spiro atoms. The van der Waals surface area contributed by atoms with Crippen molar-refractivity contribution in [1.82, 2.24) is 10.2 Å². The Labute approximate surface area is 229 Å².